The second-order valence-electron chi connectivity index (χ2n) is 16.6. The highest BCUT2D eigenvalue weighted by atomic mass is 28.4. The minimum atomic E-state index is -2.77. The molecule has 0 bridgehead atoms. The SMILES string of the molecule is CC(=O)OC[C@H]1C[C@@H](O[Si](c2ccccc2)(c2ccccc2)C(C)(C)C)CC[C@]1(C)[C@H]1CC[C@]2(C)C(c3ccccc3)=CC[C@H]2[C@@H]1CN=[N+]=[N-]. The first-order chi connectivity index (χ1) is 23.9. The first kappa shape index (κ1) is 36.2. The third kappa shape index (κ3) is 6.61. The Balaban J connectivity index is 1.34. The van der Waals surface area contributed by atoms with Crippen LogP contribution in [0.5, 0.6) is 0 Å². The number of fused-ring (bicyclic) bond motifs is 1. The molecule has 3 aliphatic carbocycles. The maximum Gasteiger partial charge on any atom is 0.302 e. The van der Waals surface area contributed by atoms with Crippen molar-refractivity contribution >= 4 is 30.2 Å². The number of nitrogens with zero attached hydrogens (tertiary/aromatic N) is 3. The molecule has 2 fully saturated rings. The monoisotopic (exact) mass is 689 g/mol. The van der Waals surface area contributed by atoms with Crippen LogP contribution in [0.2, 0.25) is 5.04 Å². The fourth-order valence-electron chi connectivity index (χ4n) is 10.5. The van der Waals surface area contributed by atoms with Gasteiger partial charge in [0.1, 0.15) is 0 Å². The zero-order valence-corrected chi connectivity index (χ0v) is 31.8. The Morgan fingerprint density at radius 1 is 0.900 bits per heavy atom. The molecule has 3 aromatic carbocycles. The van der Waals surface area contributed by atoms with E-state index in [1.807, 2.05) is 0 Å². The molecule has 264 valence electrons. The summed E-state index contributed by atoms with van der Waals surface area (Å²) < 4.78 is 13.6. The quantitative estimate of drug-likeness (QED) is 0.0699. The van der Waals surface area contributed by atoms with Crippen molar-refractivity contribution in [2.45, 2.75) is 91.2 Å². The van der Waals surface area contributed by atoms with Crippen molar-refractivity contribution in [2.75, 3.05) is 13.2 Å². The van der Waals surface area contributed by atoms with Gasteiger partial charge in [-0.15, -0.1) is 0 Å². The number of benzene rings is 3. The number of azide groups is 1. The molecule has 3 aromatic rings. The van der Waals surface area contributed by atoms with Crippen LogP contribution < -0.4 is 10.4 Å². The van der Waals surface area contributed by atoms with Crippen LogP contribution in [0.1, 0.15) is 85.6 Å². The number of hydrogen-bond donors (Lipinski definition) is 0. The van der Waals surface area contributed by atoms with Crippen molar-refractivity contribution in [1.82, 2.24) is 0 Å². The van der Waals surface area contributed by atoms with E-state index in [-0.39, 0.29) is 39.8 Å². The molecule has 6 rings (SSSR count). The lowest BCUT2D eigenvalue weighted by Crippen LogP contribution is -2.68. The van der Waals surface area contributed by atoms with Crippen molar-refractivity contribution in [3.05, 3.63) is 113 Å². The van der Waals surface area contributed by atoms with Gasteiger partial charge in [-0.05, 0) is 99.2 Å². The number of esters is 1. The van der Waals surface area contributed by atoms with Gasteiger partial charge in [0.2, 0.25) is 0 Å². The topological polar surface area (TPSA) is 84.3 Å². The van der Waals surface area contributed by atoms with Crippen molar-refractivity contribution in [3.8, 4) is 0 Å². The van der Waals surface area contributed by atoms with E-state index in [1.165, 1.54) is 28.4 Å². The third-order valence-electron chi connectivity index (χ3n) is 13.0. The molecule has 0 radical (unpaired) electrons. The van der Waals surface area contributed by atoms with Gasteiger partial charge in [0, 0.05) is 30.4 Å². The molecule has 7 atom stereocenters. The van der Waals surface area contributed by atoms with E-state index in [0.717, 1.165) is 38.5 Å². The zero-order chi connectivity index (χ0) is 35.6. The normalized spacial score (nSPS) is 29.7. The van der Waals surface area contributed by atoms with E-state index in [0.29, 0.717) is 25.0 Å². The Labute approximate surface area is 300 Å². The third-order valence-corrected chi connectivity index (χ3v) is 18.1. The Kier molecular flexibility index (Phi) is 10.5. The second-order valence-corrected chi connectivity index (χ2v) is 20.9. The van der Waals surface area contributed by atoms with Crippen LogP contribution in [0.25, 0.3) is 16.0 Å². The Morgan fingerprint density at radius 3 is 2.06 bits per heavy atom. The molecule has 0 heterocycles. The number of carbonyl (C=O) groups is 1. The summed E-state index contributed by atoms with van der Waals surface area (Å²) in [7, 11) is -2.77. The van der Waals surface area contributed by atoms with E-state index in [2.05, 4.69) is 142 Å². The van der Waals surface area contributed by atoms with Gasteiger partial charge in [-0.3, -0.25) is 4.79 Å². The van der Waals surface area contributed by atoms with Gasteiger partial charge in [0.05, 0.1) is 6.61 Å². The molecule has 0 spiro atoms. The van der Waals surface area contributed by atoms with E-state index in [1.54, 1.807) is 0 Å². The Hall–Kier alpha value is -3.64. The summed E-state index contributed by atoms with van der Waals surface area (Å²) in [6.45, 7) is 14.3. The zero-order valence-electron chi connectivity index (χ0n) is 30.8. The summed E-state index contributed by atoms with van der Waals surface area (Å²) in [6, 6.07) is 32.6. The van der Waals surface area contributed by atoms with Crippen molar-refractivity contribution in [3.63, 3.8) is 0 Å². The number of rotatable bonds is 10. The van der Waals surface area contributed by atoms with Crippen molar-refractivity contribution in [2.24, 2.45) is 39.6 Å². The van der Waals surface area contributed by atoms with Crippen molar-refractivity contribution < 1.29 is 14.0 Å². The molecule has 3 aliphatic rings. The van der Waals surface area contributed by atoms with Gasteiger partial charge in [0.15, 0.2) is 0 Å². The van der Waals surface area contributed by atoms with Gasteiger partial charge in [-0.25, -0.2) is 0 Å². The lowest BCUT2D eigenvalue weighted by Gasteiger charge is -2.58. The average Bonchev–Trinajstić information content (AvgIpc) is 3.47. The highest BCUT2D eigenvalue weighted by Gasteiger charge is 2.58. The molecule has 0 aromatic heterocycles. The van der Waals surface area contributed by atoms with Gasteiger partial charge in [0.25, 0.3) is 8.32 Å². The number of allylic oxidation sites excluding steroid dienone is 2. The molecular weight excluding hydrogens is 635 g/mol. The molecule has 50 heavy (non-hydrogen) atoms. The summed E-state index contributed by atoms with van der Waals surface area (Å²) in [5, 5.41) is 6.72. The first-order valence-corrected chi connectivity index (χ1v) is 20.5. The minimum Gasteiger partial charge on any atom is -0.466 e. The number of ether oxygens (including phenoxy) is 1. The molecule has 0 N–H and O–H groups in total. The highest BCUT2D eigenvalue weighted by molar-refractivity contribution is 6.99. The summed E-state index contributed by atoms with van der Waals surface area (Å²) in [5.41, 5.74) is 12.2. The lowest BCUT2D eigenvalue weighted by molar-refractivity contribution is -0.149. The van der Waals surface area contributed by atoms with Gasteiger partial charge in [-0.1, -0.05) is 137 Å². The standard InChI is InChI=1S/C43H55N3O3Si/c1-31(47)48-30-33-28-34(49-50(41(2,3)4,35-18-12-8-13-19-35)36-20-14-9-15-21-36)24-26-42(33,5)40-25-27-43(6)38(32-16-10-7-11-17-32)22-23-39(43)37(40)29-45-46-44/h7-22,33-34,37,39-40H,23-30H2,1-6H3/t33-,34+,37+,39+,40+,42+,43-/m1/s1. The smallest absolute Gasteiger partial charge is 0.302 e. The van der Waals surface area contributed by atoms with Gasteiger partial charge < -0.3 is 9.16 Å². The van der Waals surface area contributed by atoms with E-state index in [4.69, 9.17) is 9.16 Å². The van der Waals surface area contributed by atoms with Gasteiger partial charge in [-0.2, -0.15) is 0 Å². The predicted octanol–water partition coefficient (Wildman–Crippen LogP) is 9.75. The Morgan fingerprint density at radius 2 is 1.50 bits per heavy atom. The van der Waals surface area contributed by atoms with Crippen LogP contribution in [0.3, 0.4) is 0 Å². The van der Waals surface area contributed by atoms with E-state index < -0.39 is 8.32 Å². The maximum absolute atomic E-state index is 12.3. The summed E-state index contributed by atoms with van der Waals surface area (Å²) in [5.74, 6) is 0.843. The molecule has 6 nitrogen and oxygen atoms in total. The van der Waals surface area contributed by atoms with E-state index in [9.17, 15) is 10.3 Å². The number of hydrogen-bond acceptors (Lipinski definition) is 4. The largest absolute Gasteiger partial charge is 0.466 e. The van der Waals surface area contributed by atoms with Crippen molar-refractivity contribution in [1.29, 1.82) is 0 Å². The summed E-state index contributed by atoms with van der Waals surface area (Å²) in [4.78, 5) is 15.6. The highest BCUT2D eigenvalue weighted by Crippen LogP contribution is 2.64. The molecule has 0 amide bonds. The summed E-state index contributed by atoms with van der Waals surface area (Å²) >= 11 is 0. The second kappa shape index (κ2) is 14.5. The maximum atomic E-state index is 12.3. The van der Waals surface area contributed by atoms with E-state index >= 15 is 0 Å². The molecule has 2 saturated carbocycles. The molecule has 0 aliphatic heterocycles. The molecule has 0 unspecified atom stereocenters. The number of carbonyl (C=O) groups excluding carboxylic acids is 1. The fraction of sp³-hybridized carbons (Fsp3) is 0.512. The summed E-state index contributed by atoms with van der Waals surface area (Å²) in [6.07, 6.45) is 8.36. The first-order valence-electron chi connectivity index (χ1n) is 18.6. The average molecular weight is 690 g/mol. The minimum absolute atomic E-state index is 0.0252. The fourth-order valence-corrected chi connectivity index (χ4v) is 15.2. The van der Waals surface area contributed by atoms with Crippen LogP contribution in [-0.2, 0) is 14.0 Å². The van der Waals surface area contributed by atoms with Crippen LogP contribution in [-0.4, -0.2) is 33.5 Å². The molecule has 7 heteroatoms. The van der Waals surface area contributed by atoms with Crippen LogP contribution >= 0.6 is 0 Å². The van der Waals surface area contributed by atoms with Gasteiger partial charge >= 0.3 is 5.97 Å². The van der Waals surface area contributed by atoms with Crippen LogP contribution in [0.15, 0.2) is 102 Å². The molecular formula is C43H55N3O3Si. The molecule has 0 saturated heterocycles. The Bertz CT molecular complexity index is 1660. The van der Waals surface area contributed by atoms with Crippen LogP contribution in [0, 0.1) is 34.5 Å². The predicted molar refractivity (Wildman–Crippen MR) is 205 cm³/mol. The lowest BCUT2D eigenvalue weighted by atomic mass is 9.48. The van der Waals surface area contributed by atoms with Crippen LogP contribution in [0.4, 0.5) is 0 Å².